The first-order valence-corrected chi connectivity index (χ1v) is 5.14. The molecule has 90 valence electrons. The second-order valence-corrected chi connectivity index (χ2v) is 3.62. The Bertz CT molecular complexity index is 427. The fraction of sp³-hybridized carbons (Fsp3) is 0.333. The van der Waals surface area contributed by atoms with Crippen molar-refractivity contribution >= 4 is 17.5 Å². The minimum atomic E-state index is -0.911. The normalized spacial score (nSPS) is 11.6. The number of ether oxygens (including phenoxy) is 1. The quantitative estimate of drug-likeness (QED) is 0.435. The van der Waals surface area contributed by atoms with Crippen LogP contribution in [0.1, 0.15) is 30.6 Å². The third-order valence-corrected chi connectivity index (χ3v) is 2.02. The Balaban J connectivity index is 2.59. The molecule has 5 heteroatoms. The van der Waals surface area contributed by atoms with Gasteiger partial charge >= 0.3 is 5.97 Å². The molecule has 0 spiro atoms. The van der Waals surface area contributed by atoms with Crippen LogP contribution in [0.4, 0.5) is 0 Å². The summed E-state index contributed by atoms with van der Waals surface area (Å²) in [6.45, 7) is 2.75. The molecule has 5 nitrogen and oxygen atoms in total. The van der Waals surface area contributed by atoms with Gasteiger partial charge < -0.3 is 4.74 Å². The van der Waals surface area contributed by atoms with E-state index in [0.29, 0.717) is 5.56 Å². The van der Waals surface area contributed by atoms with Crippen LogP contribution < -0.4 is 0 Å². The minimum absolute atomic E-state index is 0.295. The molecule has 1 rings (SSSR count). The van der Waals surface area contributed by atoms with Gasteiger partial charge in [-0.1, -0.05) is 0 Å². The summed E-state index contributed by atoms with van der Waals surface area (Å²) in [5.41, 5.74) is 0.371. The van der Waals surface area contributed by atoms with Crippen molar-refractivity contribution in [1.29, 1.82) is 0 Å². The van der Waals surface area contributed by atoms with Crippen LogP contribution >= 0.6 is 0 Å². The highest BCUT2D eigenvalue weighted by molar-refractivity contribution is 6.01. The highest BCUT2D eigenvalue weighted by Crippen LogP contribution is 2.05. The van der Waals surface area contributed by atoms with E-state index in [2.05, 4.69) is 4.98 Å². The molecule has 0 radical (unpaired) electrons. The lowest BCUT2D eigenvalue weighted by Crippen LogP contribution is -2.25. The van der Waals surface area contributed by atoms with Crippen LogP contribution in [-0.4, -0.2) is 28.6 Å². The highest BCUT2D eigenvalue weighted by Gasteiger charge is 2.20. The maximum absolute atomic E-state index is 11.8. The molecule has 0 fully saturated rings. The largest absolute Gasteiger partial charge is 0.454 e. The van der Waals surface area contributed by atoms with Crippen molar-refractivity contribution in [3.63, 3.8) is 0 Å². The number of Topliss-reactive ketones (excluding diaryl/α,β-unsaturated/α-hetero) is 2. The SMILES string of the molecule is CC(=O)CC(=O)OC(C)C(=O)c1cccnc1. The number of hydrogen-bond donors (Lipinski definition) is 0. The van der Waals surface area contributed by atoms with Gasteiger partial charge in [0.1, 0.15) is 12.2 Å². The van der Waals surface area contributed by atoms with E-state index in [1.807, 2.05) is 0 Å². The van der Waals surface area contributed by atoms with Crippen molar-refractivity contribution in [3.05, 3.63) is 30.1 Å². The van der Waals surface area contributed by atoms with Gasteiger partial charge in [0.25, 0.3) is 0 Å². The summed E-state index contributed by atoms with van der Waals surface area (Å²) in [5, 5.41) is 0. The first-order chi connectivity index (χ1) is 8.00. The lowest BCUT2D eigenvalue weighted by Gasteiger charge is -2.11. The van der Waals surface area contributed by atoms with Gasteiger partial charge in [0.15, 0.2) is 6.10 Å². The summed E-state index contributed by atoms with van der Waals surface area (Å²) in [6.07, 6.45) is 1.72. The topological polar surface area (TPSA) is 73.3 Å². The van der Waals surface area contributed by atoms with Gasteiger partial charge in [0.2, 0.25) is 5.78 Å². The molecule has 0 N–H and O–H groups in total. The summed E-state index contributed by atoms with van der Waals surface area (Å²) in [6, 6.07) is 3.21. The Labute approximate surface area is 98.8 Å². The molecule has 17 heavy (non-hydrogen) atoms. The molecule has 1 aromatic rings. The Hall–Kier alpha value is -2.04. The van der Waals surface area contributed by atoms with Crippen LogP contribution in [0.3, 0.4) is 0 Å². The van der Waals surface area contributed by atoms with Gasteiger partial charge in [-0.25, -0.2) is 0 Å². The van der Waals surface area contributed by atoms with Crippen LogP contribution in [0.25, 0.3) is 0 Å². The second kappa shape index (κ2) is 5.89. The number of aromatic nitrogens is 1. The fourth-order valence-corrected chi connectivity index (χ4v) is 1.24. The van der Waals surface area contributed by atoms with Gasteiger partial charge in [-0.2, -0.15) is 0 Å². The van der Waals surface area contributed by atoms with Crippen LogP contribution in [0.15, 0.2) is 24.5 Å². The maximum Gasteiger partial charge on any atom is 0.314 e. The zero-order valence-corrected chi connectivity index (χ0v) is 9.67. The fourth-order valence-electron chi connectivity index (χ4n) is 1.24. The van der Waals surface area contributed by atoms with E-state index in [1.165, 1.54) is 20.0 Å². The predicted molar refractivity (Wildman–Crippen MR) is 59.4 cm³/mol. The molecule has 1 atom stereocenters. The molecule has 0 bridgehead atoms. The number of ketones is 2. The van der Waals surface area contributed by atoms with E-state index in [0.717, 1.165) is 0 Å². The predicted octanol–water partition coefficient (Wildman–Crippen LogP) is 1.18. The van der Waals surface area contributed by atoms with Crippen molar-refractivity contribution in [2.24, 2.45) is 0 Å². The molecule has 0 aromatic carbocycles. The molecule has 0 aliphatic carbocycles. The third-order valence-electron chi connectivity index (χ3n) is 2.02. The monoisotopic (exact) mass is 235 g/mol. The maximum atomic E-state index is 11.8. The highest BCUT2D eigenvalue weighted by atomic mass is 16.5. The van der Waals surface area contributed by atoms with Crippen molar-refractivity contribution in [2.75, 3.05) is 0 Å². The van der Waals surface area contributed by atoms with Crippen LogP contribution in [0, 0.1) is 0 Å². The number of carbonyl (C=O) groups excluding carboxylic acids is 3. The number of esters is 1. The van der Waals surface area contributed by atoms with Gasteiger partial charge in [0.05, 0.1) is 0 Å². The van der Waals surface area contributed by atoms with Crippen LogP contribution in [0.2, 0.25) is 0 Å². The lowest BCUT2D eigenvalue weighted by molar-refractivity contribution is -0.148. The zero-order valence-electron chi connectivity index (χ0n) is 9.67. The molecule has 0 amide bonds. The number of nitrogens with zero attached hydrogens (tertiary/aromatic N) is 1. The molecule has 0 aliphatic rings. The van der Waals surface area contributed by atoms with E-state index >= 15 is 0 Å². The Morgan fingerprint density at radius 1 is 1.41 bits per heavy atom. The van der Waals surface area contributed by atoms with E-state index in [1.54, 1.807) is 18.3 Å². The van der Waals surface area contributed by atoms with Crippen LogP contribution in [0.5, 0.6) is 0 Å². The van der Waals surface area contributed by atoms with E-state index in [-0.39, 0.29) is 18.0 Å². The Morgan fingerprint density at radius 3 is 2.65 bits per heavy atom. The molecule has 0 saturated heterocycles. The molecule has 1 aromatic heterocycles. The van der Waals surface area contributed by atoms with E-state index in [4.69, 9.17) is 4.74 Å². The van der Waals surface area contributed by atoms with Crippen LogP contribution in [-0.2, 0) is 14.3 Å². The Morgan fingerprint density at radius 2 is 2.12 bits per heavy atom. The van der Waals surface area contributed by atoms with Gasteiger partial charge in [-0.15, -0.1) is 0 Å². The first kappa shape index (κ1) is 13.0. The van der Waals surface area contributed by atoms with Crippen molar-refractivity contribution in [3.8, 4) is 0 Å². The smallest absolute Gasteiger partial charge is 0.314 e. The number of hydrogen-bond acceptors (Lipinski definition) is 5. The summed E-state index contributed by atoms with van der Waals surface area (Å²) >= 11 is 0. The zero-order chi connectivity index (χ0) is 12.8. The van der Waals surface area contributed by atoms with Crippen molar-refractivity contribution < 1.29 is 19.1 Å². The van der Waals surface area contributed by atoms with Gasteiger partial charge in [-0.05, 0) is 26.0 Å². The molecule has 0 saturated carbocycles. The number of pyridine rings is 1. The summed E-state index contributed by atoms with van der Waals surface area (Å²) < 4.78 is 4.84. The first-order valence-electron chi connectivity index (χ1n) is 5.14. The Kier molecular flexibility index (Phi) is 4.51. The molecule has 1 heterocycles. The average Bonchev–Trinajstić information content (AvgIpc) is 2.28. The second-order valence-electron chi connectivity index (χ2n) is 3.62. The van der Waals surface area contributed by atoms with E-state index in [9.17, 15) is 14.4 Å². The van der Waals surface area contributed by atoms with Crippen molar-refractivity contribution in [1.82, 2.24) is 4.98 Å². The lowest BCUT2D eigenvalue weighted by atomic mass is 10.1. The molecular weight excluding hydrogens is 222 g/mol. The molecule has 0 aliphatic heterocycles. The van der Waals surface area contributed by atoms with Gasteiger partial charge in [0, 0.05) is 18.0 Å². The molecule has 1 unspecified atom stereocenters. The van der Waals surface area contributed by atoms with E-state index < -0.39 is 12.1 Å². The third kappa shape index (κ3) is 4.14. The molecular formula is C12H13NO4. The van der Waals surface area contributed by atoms with Crippen molar-refractivity contribution in [2.45, 2.75) is 26.4 Å². The number of rotatable bonds is 5. The average molecular weight is 235 g/mol. The van der Waals surface area contributed by atoms with Gasteiger partial charge in [-0.3, -0.25) is 19.4 Å². The summed E-state index contributed by atoms with van der Waals surface area (Å²) in [7, 11) is 0. The summed E-state index contributed by atoms with van der Waals surface area (Å²) in [5.74, 6) is -1.33. The standard InChI is InChI=1S/C12H13NO4/c1-8(14)6-11(15)17-9(2)12(16)10-4-3-5-13-7-10/h3-5,7,9H,6H2,1-2H3. The minimum Gasteiger partial charge on any atom is -0.454 e. The number of carbonyl (C=O) groups is 3. The summed E-state index contributed by atoms with van der Waals surface area (Å²) in [4.78, 5) is 37.4.